The molecule has 1 aromatic carbocycles. The molecule has 0 amide bonds. The SMILES string of the molecule is [Na+].[O-]P(O)Oc1ccccc1. The summed E-state index contributed by atoms with van der Waals surface area (Å²) in [7, 11) is -2.53. The van der Waals surface area contributed by atoms with Crippen molar-refractivity contribution in [3.8, 4) is 5.75 Å². The molecule has 0 fully saturated rings. The van der Waals surface area contributed by atoms with E-state index in [1.165, 1.54) is 0 Å². The average Bonchev–Trinajstić information content (AvgIpc) is 1.88. The first-order chi connectivity index (χ1) is 4.79. The molecule has 0 saturated heterocycles. The number of hydrogen-bond acceptors (Lipinski definition) is 3. The van der Waals surface area contributed by atoms with Crippen molar-refractivity contribution in [1.29, 1.82) is 0 Å². The standard InChI is InChI=1S/C6H6O3P.Na/c7-10(8)9-6-4-2-1-3-5-6;/h1-5,7H;/q-1;+1. The van der Waals surface area contributed by atoms with Gasteiger partial charge in [-0.25, -0.2) is 0 Å². The number of para-hydroxylation sites is 1. The summed E-state index contributed by atoms with van der Waals surface area (Å²) in [5, 5.41) is 0. The first-order valence-electron chi connectivity index (χ1n) is 2.68. The zero-order valence-electron chi connectivity index (χ0n) is 6.10. The number of rotatable bonds is 2. The largest absolute Gasteiger partial charge is 1.00 e. The zero-order chi connectivity index (χ0) is 7.40. The van der Waals surface area contributed by atoms with E-state index in [1.54, 1.807) is 30.3 Å². The van der Waals surface area contributed by atoms with Crippen molar-refractivity contribution in [3.63, 3.8) is 0 Å². The van der Waals surface area contributed by atoms with Crippen molar-refractivity contribution in [2.24, 2.45) is 0 Å². The van der Waals surface area contributed by atoms with Crippen LogP contribution < -0.4 is 39.0 Å². The molecule has 0 saturated carbocycles. The van der Waals surface area contributed by atoms with Crippen LogP contribution in [0.1, 0.15) is 0 Å². The Morgan fingerprint density at radius 2 is 1.82 bits per heavy atom. The number of benzene rings is 1. The summed E-state index contributed by atoms with van der Waals surface area (Å²) >= 11 is 0. The molecule has 0 radical (unpaired) electrons. The molecule has 1 N–H and O–H groups in total. The molecule has 0 aliphatic heterocycles. The molecule has 54 valence electrons. The Hall–Kier alpha value is 0.370. The summed E-state index contributed by atoms with van der Waals surface area (Å²) in [4.78, 5) is 18.4. The van der Waals surface area contributed by atoms with Crippen LogP contribution in [0.25, 0.3) is 0 Å². The molecular weight excluding hydrogens is 174 g/mol. The molecule has 11 heavy (non-hydrogen) atoms. The van der Waals surface area contributed by atoms with Crippen LogP contribution in [0.5, 0.6) is 5.75 Å². The summed E-state index contributed by atoms with van der Waals surface area (Å²) in [5.74, 6) is 0.408. The van der Waals surface area contributed by atoms with Crippen molar-refractivity contribution in [3.05, 3.63) is 30.3 Å². The van der Waals surface area contributed by atoms with Crippen LogP contribution >= 0.6 is 8.60 Å². The van der Waals surface area contributed by atoms with E-state index < -0.39 is 8.60 Å². The predicted molar refractivity (Wildman–Crippen MR) is 36.2 cm³/mol. The molecule has 5 heteroatoms. The third kappa shape index (κ3) is 4.75. The van der Waals surface area contributed by atoms with Crippen LogP contribution in [0.2, 0.25) is 0 Å². The van der Waals surface area contributed by atoms with Gasteiger partial charge in [0.15, 0.2) is 0 Å². The van der Waals surface area contributed by atoms with E-state index in [2.05, 4.69) is 4.52 Å². The van der Waals surface area contributed by atoms with Gasteiger partial charge in [0.25, 0.3) is 0 Å². The maximum Gasteiger partial charge on any atom is 1.00 e. The first kappa shape index (κ1) is 11.4. The van der Waals surface area contributed by atoms with E-state index in [1.807, 2.05) is 0 Å². The Morgan fingerprint density at radius 1 is 1.27 bits per heavy atom. The molecule has 0 spiro atoms. The molecule has 0 heterocycles. The van der Waals surface area contributed by atoms with Gasteiger partial charge in [0.2, 0.25) is 0 Å². The second kappa shape index (κ2) is 5.95. The molecule has 0 aromatic heterocycles. The Bertz CT molecular complexity index is 192. The van der Waals surface area contributed by atoms with Gasteiger partial charge in [-0.05, 0) is 12.1 Å². The van der Waals surface area contributed by atoms with Crippen molar-refractivity contribution in [1.82, 2.24) is 0 Å². The molecule has 1 aromatic rings. The molecule has 0 aliphatic carbocycles. The summed E-state index contributed by atoms with van der Waals surface area (Å²) in [6, 6.07) is 8.49. The minimum Gasteiger partial charge on any atom is -0.776 e. The van der Waals surface area contributed by atoms with Crippen LogP contribution in [-0.4, -0.2) is 4.89 Å². The van der Waals surface area contributed by atoms with Gasteiger partial charge in [-0.2, -0.15) is 0 Å². The van der Waals surface area contributed by atoms with Gasteiger partial charge in [0.1, 0.15) is 14.4 Å². The fourth-order valence-electron chi connectivity index (χ4n) is 0.572. The van der Waals surface area contributed by atoms with Crippen molar-refractivity contribution >= 4 is 8.60 Å². The van der Waals surface area contributed by atoms with Crippen LogP contribution in [0.15, 0.2) is 30.3 Å². The topological polar surface area (TPSA) is 52.5 Å². The van der Waals surface area contributed by atoms with Crippen LogP contribution in [0.3, 0.4) is 0 Å². The predicted octanol–water partition coefficient (Wildman–Crippen LogP) is -2.35. The summed E-state index contributed by atoms with van der Waals surface area (Å²) in [5.41, 5.74) is 0. The van der Waals surface area contributed by atoms with Crippen molar-refractivity contribution < 1.29 is 43.9 Å². The monoisotopic (exact) mass is 180 g/mol. The normalized spacial score (nSPS) is 11.5. The number of hydrogen-bond donors (Lipinski definition) is 1. The van der Waals surface area contributed by atoms with E-state index in [0.717, 1.165) is 0 Å². The third-order valence-electron chi connectivity index (χ3n) is 0.927. The van der Waals surface area contributed by atoms with Crippen molar-refractivity contribution in [2.75, 3.05) is 0 Å². The molecule has 0 bridgehead atoms. The van der Waals surface area contributed by atoms with Gasteiger partial charge in [0.05, 0.1) is 0 Å². The van der Waals surface area contributed by atoms with E-state index in [-0.39, 0.29) is 29.6 Å². The fourth-order valence-corrected chi connectivity index (χ4v) is 0.874. The van der Waals surface area contributed by atoms with Gasteiger partial charge in [-0.15, -0.1) is 0 Å². The smallest absolute Gasteiger partial charge is 0.776 e. The van der Waals surface area contributed by atoms with E-state index in [9.17, 15) is 4.89 Å². The van der Waals surface area contributed by atoms with Crippen LogP contribution in [-0.2, 0) is 0 Å². The zero-order valence-corrected chi connectivity index (χ0v) is 8.99. The fraction of sp³-hybridized carbons (Fsp3) is 0. The molecule has 0 aliphatic rings. The minimum atomic E-state index is -2.53. The van der Waals surface area contributed by atoms with Crippen LogP contribution in [0, 0.1) is 0 Å². The Balaban J connectivity index is 0.000001000. The van der Waals surface area contributed by atoms with Gasteiger partial charge >= 0.3 is 29.6 Å². The summed E-state index contributed by atoms with van der Waals surface area (Å²) < 4.78 is 4.48. The van der Waals surface area contributed by atoms with E-state index >= 15 is 0 Å². The van der Waals surface area contributed by atoms with E-state index in [0.29, 0.717) is 5.75 Å². The van der Waals surface area contributed by atoms with Gasteiger partial charge < -0.3 is 14.3 Å². The molecule has 1 unspecified atom stereocenters. The minimum absolute atomic E-state index is 0. The first-order valence-corrected chi connectivity index (χ1v) is 3.81. The maximum absolute atomic E-state index is 10.1. The molecule has 1 atom stereocenters. The molecule has 3 nitrogen and oxygen atoms in total. The Labute approximate surface area is 88.3 Å². The maximum atomic E-state index is 10.1. The van der Waals surface area contributed by atoms with Crippen LogP contribution in [0.4, 0.5) is 0 Å². The quantitative estimate of drug-likeness (QED) is 0.409. The average molecular weight is 180 g/mol. The van der Waals surface area contributed by atoms with Gasteiger partial charge in [0, 0.05) is 0 Å². The van der Waals surface area contributed by atoms with E-state index in [4.69, 9.17) is 4.89 Å². The van der Waals surface area contributed by atoms with Crippen molar-refractivity contribution in [2.45, 2.75) is 0 Å². The second-order valence-corrected chi connectivity index (χ2v) is 2.30. The third-order valence-corrected chi connectivity index (χ3v) is 1.29. The van der Waals surface area contributed by atoms with Gasteiger partial charge in [-0.1, -0.05) is 18.2 Å². The summed E-state index contributed by atoms with van der Waals surface area (Å²) in [6.07, 6.45) is 0. The molecule has 1 rings (SSSR count). The summed E-state index contributed by atoms with van der Waals surface area (Å²) in [6.45, 7) is 0. The Morgan fingerprint density at radius 3 is 2.27 bits per heavy atom. The Kier molecular flexibility index (Phi) is 6.15. The second-order valence-electron chi connectivity index (χ2n) is 1.64. The molecular formula is C6H6NaO3P. The van der Waals surface area contributed by atoms with Gasteiger partial charge in [-0.3, -0.25) is 0 Å².